The van der Waals surface area contributed by atoms with Gasteiger partial charge in [0.25, 0.3) is 0 Å². The van der Waals surface area contributed by atoms with E-state index in [9.17, 15) is 4.79 Å². The molecular formula is C20H23N3O. The molecule has 1 fully saturated rings. The van der Waals surface area contributed by atoms with E-state index in [1.807, 2.05) is 32.0 Å². The molecule has 1 saturated heterocycles. The van der Waals surface area contributed by atoms with E-state index >= 15 is 0 Å². The van der Waals surface area contributed by atoms with Crippen LogP contribution in [-0.2, 0) is 10.2 Å². The molecule has 2 N–H and O–H groups in total. The zero-order valence-electron chi connectivity index (χ0n) is 15.1. The van der Waals surface area contributed by atoms with Gasteiger partial charge in [-0.25, -0.2) is 4.98 Å². The molecule has 0 spiro atoms. The highest BCUT2D eigenvalue weighted by molar-refractivity contribution is 6.06. The number of fused-ring (bicyclic) bond motifs is 1. The Morgan fingerprint density at radius 1 is 1.25 bits per heavy atom. The third-order valence-corrected chi connectivity index (χ3v) is 5.26. The lowest BCUT2D eigenvalue weighted by Crippen LogP contribution is -2.27. The molecule has 0 unspecified atom stereocenters. The molecule has 0 atom stereocenters. The summed E-state index contributed by atoms with van der Waals surface area (Å²) in [7, 11) is 0. The molecular weight excluding hydrogens is 298 g/mol. The second-order valence-electron chi connectivity index (χ2n) is 7.21. The molecule has 24 heavy (non-hydrogen) atoms. The molecule has 1 aromatic heterocycles. The molecule has 0 aliphatic carbocycles. The van der Waals surface area contributed by atoms with E-state index in [2.05, 4.69) is 21.7 Å². The molecule has 0 bridgehead atoms. The monoisotopic (exact) mass is 322 g/mol. The highest BCUT2D eigenvalue weighted by Crippen LogP contribution is 2.42. The third-order valence-electron chi connectivity index (χ3n) is 5.26. The van der Waals surface area contributed by atoms with Gasteiger partial charge in [0.1, 0.15) is 5.82 Å². The standard InChI is InChI=1S/C20H23N3O/c1-20(2)17-16(8-11-22-18(17)23-19(20)24)15-5-3-4-14(12-15)13-6-9-21-10-7-13/h3-5,8,11-13,21H,6-7,9-10H2,1-2H3,(H,22,23,24)/i12D. The second-order valence-corrected chi connectivity index (χ2v) is 7.21. The van der Waals surface area contributed by atoms with Crippen LogP contribution in [0.4, 0.5) is 5.82 Å². The van der Waals surface area contributed by atoms with Crippen LogP contribution in [0.3, 0.4) is 0 Å². The molecule has 2 aromatic rings. The van der Waals surface area contributed by atoms with Crippen LogP contribution in [0.5, 0.6) is 0 Å². The summed E-state index contributed by atoms with van der Waals surface area (Å²) in [6, 6.07) is 8.62. The fourth-order valence-electron chi connectivity index (χ4n) is 3.81. The minimum absolute atomic E-state index is 0.0384. The number of hydrogen-bond acceptors (Lipinski definition) is 3. The fraction of sp³-hybridized carbons (Fsp3) is 0.400. The number of carbonyl (C=O) groups excluding carboxylic acids is 1. The first kappa shape index (κ1) is 14.2. The summed E-state index contributed by atoms with van der Waals surface area (Å²) < 4.78 is 8.82. The lowest BCUT2D eigenvalue weighted by atomic mass is 9.81. The number of nitrogens with zero attached hydrogens (tertiary/aromatic N) is 1. The summed E-state index contributed by atoms with van der Waals surface area (Å²) in [5.41, 5.74) is 3.19. The summed E-state index contributed by atoms with van der Waals surface area (Å²) in [6.07, 6.45) is 3.84. The van der Waals surface area contributed by atoms with E-state index < -0.39 is 5.41 Å². The number of pyridine rings is 1. The minimum Gasteiger partial charge on any atom is -0.317 e. The van der Waals surface area contributed by atoms with E-state index in [0.717, 1.165) is 48.2 Å². The average molecular weight is 322 g/mol. The Morgan fingerprint density at radius 3 is 2.83 bits per heavy atom. The quantitative estimate of drug-likeness (QED) is 0.890. The van der Waals surface area contributed by atoms with Crippen LogP contribution in [0.1, 0.15) is 45.1 Å². The Balaban J connectivity index is 1.85. The van der Waals surface area contributed by atoms with Gasteiger partial charge >= 0.3 is 0 Å². The number of anilines is 1. The molecule has 0 saturated carbocycles. The highest BCUT2D eigenvalue weighted by atomic mass is 16.2. The summed E-state index contributed by atoms with van der Waals surface area (Å²) in [4.78, 5) is 16.7. The van der Waals surface area contributed by atoms with Crippen LogP contribution >= 0.6 is 0 Å². The predicted molar refractivity (Wildman–Crippen MR) is 96.2 cm³/mol. The van der Waals surface area contributed by atoms with E-state index in [0.29, 0.717) is 17.8 Å². The van der Waals surface area contributed by atoms with Crippen molar-refractivity contribution in [3.05, 3.63) is 47.6 Å². The maximum atomic E-state index is 12.3. The summed E-state index contributed by atoms with van der Waals surface area (Å²) in [5, 5.41) is 6.26. The Morgan fingerprint density at radius 2 is 2.04 bits per heavy atom. The van der Waals surface area contributed by atoms with E-state index in [4.69, 9.17) is 1.37 Å². The van der Waals surface area contributed by atoms with Gasteiger partial charge in [0.15, 0.2) is 0 Å². The van der Waals surface area contributed by atoms with Crippen LogP contribution in [-0.4, -0.2) is 24.0 Å². The smallest absolute Gasteiger partial charge is 0.235 e. The zero-order valence-corrected chi connectivity index (χ0v) is 14.1. The molecule has 0 radical (unpaired) electrons. The number of carbonyl (C=O) groups is 1. The van der Waals surface area contributed by atoms with E-state index in [1.165, 1.54) is 0 Å². The Hall–Kier alpha value is -2.20. The highest BCUT2D eigenvalue weighted by Gasteiger charge is 2.41. The number of aromatic nitrogens is 1. The summed E-state index contributed by atoms with van der Waals surface area (Å²) in [5.74, 6) is 1.01. The van der Waals surface area contributed by atoms with Gasteiger partial charge in [0.2, 0.25) is 5.91 Å². The van der Waals surface area contributed by atoms with Crippen LogP contribution in [0, 0.1) is 0 Å². The molecule has 2 aliphatic heterocycles. The second kappa shape index (κ2) is 5.71. The lowest BCUT2D eigenvalue weighted by Gasteiger charge is -2.24. The van der Waals surface area contributed by atoms with Crippen molar-refractivity contribution in [2.75, 3.05) is 18.4 Å². The van der Waals surface area contributed by atoms with Crippen LogP contribution in [0.2, 0.25) is 0 Å². The van der Waals surface area contributed by atoms with Gasteiger partial charge in [-0.2, -0.15) is 0 Å². The number of piperidine rings is 1. The lowest BCUT2D eigenvalue weighted by molar-refractivity contribution is -0.119. The number of amides is 1. The number of rotatable bonds is 2. The van der Waals surface area contributed by atoms with Crippen molar-refractivity contribution in [1.82, 2.24) is 10.3 Å². The van der Waals surface area contributed by atoms with E-state index in [-0.39, 0.29) is 5.91 Å². The summed E-state index contributed by atoms with van der Waals surface area (Å²) in [6.45, 7) is 5.84. The topological polar surface area (TPSA) is 54.0 Å². The Kier molecular flexibility index (Phi) is 3.37. The maximum Gasteiger partial charge on any atom is 0.235 e. The van der Waals surface area contributed by atoms with Gasteiger partial charge in [0.05, 0.1) is 6.79 Å². The van der Waals surface area contributed by atoms with E-state index in [1.54, 1.807) is 6.20 Å². The Bertz CT molecular complexity index is 841. The largest absolute Gasteiger partial charge is 0.317 e. The van der Waals surface area contributed by atoms with Crippen LogP contribution in [0.15, 0.2) is 36.5 Å². The van der Waals surface area contributed by atoms with Crippen molar-refractivity contribution >= 4 is 11.7 Å². The zero-order chi connectivity index (χ0) is 17.6. The molecule has 124 valence electrons. The van der Waals surface area contributed by atoms with Gasteiger partial charge < -0.3 is 10.6 Å². The van der Waals surface area contributed by atoms with Crippen molar-refractivity contribution in [3.63, 3.8) is 0 Å². The number of benzene rings is 1. The van der Waals surface area contributed by atoms with Gasteiger partial charge in [-0.3, -0.25) is 4.79 Å². The molecule has 1 amide bonds. The normalized spacial score (nSPS) is 20.4. The minimum atomic E-state index is -0.643. The molecule has 4 nitrogen and oxygen atoms in total. The first-order valence-corrected chi connectivity index (χ1v) is 8.61. The van der Waals surface area contributed by atoms with Gasteiger partial charge in [-0.05, 0) is 68.5 Å². The van der Waals surface area contributed by atoms with Crippen LogP contribution in [0.25, 0.3) is 11.1 Å². The van der Waals surface area contributed by atoms with Gasteiger partial charge in [-0.1, -0.05) is 24.2 Å². The molecule has 4 rings (SSSR count). The number of hydrogen-bond donors (Lipinski definition) is 2. The Labute approximate surface area is 144 Å². The van der Waals surface area contributed by atoms with Crippen LogP contribution < -0.4 is 10.6 Å². The van der Waals surface area contributed by atoms with Crippen molar-refractivity contribution in [2.45, 2.75) is 38.0 Å². The van der Waals surface area contributed by atoms with Crippen molar-refractivity contribution in [3.8, 4) is 11.1 Å². The van der Waals surface area contributed by atoms with Gasteiger partial charge in [-0.15, -0.1) is 0 Å². The maximum absolute atomic E-state index is 12.3. The fourth-order valence-corrected chi connectivity index (χ4v) is 3.81. The van der Waals surface area contributed by atoms with Crippen molar-refractivity contribution < 1.29 is 6.17 Å². The molecule has 4 heteroatoms. The number of nitrogens with one attached hydrogen (secondary N) is 2. The SMILES string of the molecule is [2H]c1c(-c2ccnc3c2C(C)(C)C(=O)N3)cccc1C1CCNCC1. The summed E-state index contributed by atoms with van der Waals surface area (Å²) >= 11 is 0. The van der Waals surface area contributed by atoms with Crippen molar-refractivity contribution in [1.29, 1.82) is 0 Å². The first-order valence-electron chi connectivity index (χ1n) is 9.11. The first-order chi connectivity index (χ1) is 12.0. The average Bonchev–Trinajstić information content (AvgIpc) is 2.85. The van der Waals surface area contributed by atoms with Crippen molar-refractivity contribution in [2.24, 2.45) is 0 Å². The predicted octanol–water partition coefficient (Wildman–Crippen LogP) is 3.45. The molecule has 1 aromatic carbocycles. The van der Waals surface area contributed by atoms with Gasteiger partial charge in [0, 0.05) is 11.8 Å². The third kappa shape index (κ3) is 2.42. The molecule has 3 heterocycles. The molecule has 2 aliphatic rings.